The van der Waals surface area contributed by atoms with Crippen LogP contribution in [0, 0.1) is 0 Å². The molecule has 86 valence electrons. The molecule has 0 fully saturated rings. The minimum Gasteiger partial charge on any atom is -0.506 e. The fraction of sp³-hybridized carbons (Fsp3) is 0.214. The lowest BCUT2D eigenvalue weighted by Crippen LogP contribution is -1.98. The van der Waals surface area contributed by atoms with E-state index >= 15 is 0 Å². The number of pyridine rings is 1. The van der Waals surface area contributed by atoms with E-state index < -0.39 is 0 Å². The van der Waals surface area contributed by atoms with Crippen LogP contribution in [0.15, 0.2) is 36.5 Å². The summed E-state index contributed by atoms with van der Waals surface area (Å²) in [7, 11) is 0. The zero-order valence-electron chi connectivity index (χ0n) is 9.23. The van der Waals surface area contributed by atoms with Gasteiger partial charge >= 0.3 is 0 Å². The highest BCUT2D eigenvalue weighted by Gasteiger charge is 2.25. The lowest BCUT2D eigenvalue weighted by Gasteiger charge is -2.11. The maximum Gasteiger partial charge on any atom is 0.134 e. The van der Waals surface area contributed by atoms with Gasteiger partial charge in [0.15, 0.2) is 0 Å². The number of fused-ring (bicyclic) bond motifs is 1. The van der Waals surface area contributed by atoms with Gasteiger partial charge in [0.1, 0.15) is 5.75 Å². The van der Waals surface area contributed by atoms with Crippen molar-refractivity contribution in [3.05, 3.63) is 58.4 Å². The Balaban J connectivity index is 2.04. The van der Waals surface area contributed by atoms with Gasteiger partial charge in [0.2, 0.25) is 0 Å². The van der Waals surface area contributed by atoms with Crippen LogP contribution in [0.1, 0.15) is 29.2 Å². The summed E-state index contributed by atoms with van der Waals surface area (Å²) in [5.74, 6) is 0.443. The van der Waals surface area contributed by atoms with Crippen LogP contribution >= 0.6 is 11.6 Å². The number of phenolic OH excluding ortho intramolecular Hbond substituents is 1. The summed E-state index contributed by atoms with van der Waals surface area (Å²) >= 11 is 5.95. The molecule has 1 unspecified atom stereocenters. The second-order valence-corrected chi connectivity index (χ2v) is 4.76. The monoisotopic (exact) mass is 245 g/mol. The average Bonchev–Trinajstić information content (AvgIpc) is 2.76. The van der Waals surface area contributed by atoms with E-state index in [9.17, 15) is 5.11 Å². The van der Waals surface area contributed by atoms with Crippen molar-refractivity contribution in [3.8, 4) is 5.75 Å². The number of hydrogen-bond donors (Lipinski definition) is 1. The van der Waals surface area contributed by atoms with Crippen LogP contribution in [0.3, 0.4) is 0 Å². The second kappa shape index (κ2) is 4.04. The molecule has 1 aliphatic carbocycles. The van der Waals surface area contributed by atoms with Gasteiger partial charge in [0, 0.05) is 12.1 Å². The van der Waals surface area contributed by atoms with Crippen molar-refractivity contribution >= 4 is 11.6 Å². The molecule has 0 aliphatic heterocycles. The number of aromatic hydroxyl groups is 1. The van der Waals surface area contributed by atoms with Crippen molar-refractivity contribution in [2.24, 2.45) is 0 Å². The van der Waals surface area contributed by atoms with E-state index in [1.165, 1.54) is 5.56 Å². The van der Waals surface area contributed by atoms with E-state index in [4.69, 9.17) is 11.6 Å². The number of aryl methyl sites for hydroxylation is 1. The minimum atomic E-state index is 0.134. The number of nitrogens with zero attached hydrogens (tertiary/aromatic N) is 1. The Bertz CT molecular complexity index is 568. The van der Waals surface area contributed by atoms with Crippen LogP contribution in [-0.2, 0) is 6.42 Å². The smallest absolute Gasteiger partial charge is 0.134 e. The molecule has 1 aromatic heterocycles. The SMILES string of the molecule is Oc1ccc(C2CCc3cccnc32)cc1Cl. The van der Waals surface area contributed by atoms with Crippen LogP contribution in [0.2, 0.25) is 5.02 Å². The van der Waals surface area contributed by atoms with Crippen LogP contribution in [0.25, 0.3) is 0 Å². The molecule has 1 aromatic carbocycles. The van der Waals surface area contributed by atoms with Gasteiger partial charge in [-0.3, -0.25) is 4.98 Å². The van der Waals surface area contributed by atoms with Crippen LogP contribution in [0.4, 0.5) is 0 Å². The first-order valence-electron chi connectivity index (χ1n) is 5.68. The third-order valence-corrected chi connectivity index (χ3v) is 3.64. The van der Waals surface area contributed by atoms with Crippen molar-refractivity contribution < 1.29 is 5.11 Å². The van der Waals surface area contributed by atoms with Gasteiger partial charge in [0.25, 0.3) is 0 Å². The van der Waals surface area contributed by atoms with Crippen molar-refractivity contribution in [2.75, 3.05) is 0 Å². The molecule has 3 rings (SSSR count). The van der Waals surface area contributed by atoms with Gasteiger partial charge in [-0.15, -0.1) is 0 Å². The molecule has 2 nitrogen and oxygen atoms in total. The van der Waals surface area contributed by atoms with E-state index in [1.54, 1.807) is 6.07 Å². The number of benzene rings is 1. The topological polar surface area (TPSA) is 33.1 Å². The van der Waals surface area contributed by atoms with Crippen molar-refractivity contribution in [2.45, 2.75) is 18.8 Å². The van der Waals surface area contributed by atoms with E-state index in [0.29, 0.717) is 10.9 Å². The predicted molar refractivity (Wildman–Crippen MR) is 67.5 cm³/mol. The van der Waals surface area contributed by atoms with Gasteiger partial charge in [-0.05, 0) is 42.2 Å². The van der Waals surface area contributed by atoms with Gasteiger partial charge in [-0.25, -0.2) is 0 Å². The minimum absolute atomic E-state index is 0.134. The summed E-state index contributed by atoms with van der Waals surface area (Å²) in [5, 5.41) is 9.84. The first-order chi connectivity index (χ1) is 8.25. The quantitative estimate of drug-likeness (QED) is 0.834. The number of halogens is 1. The number of aromatic nitrogens is 1. The Hall–Kier alpha value is -1.54. The maximum atomic E-state index is 9.43. The molecule has 1 N–H and O–H groups in total. The fourth-order valence-corrected chi connectivity index (χ4v) is 2.67. The second-order valence-electron chi connectivity index (χ2n) is 4.35. The Morgan fingerprint density at radius 2 is 2.18 bits per heavy atom. The van der Waals surface area contributed by atoms with E-state index in [-0.39, 0.29) is 5.75 Å². The Morgan fingerprint density at radius 1 is 1.29 bits per heavy atom. The summed E-state index contributed by atoms with van der Waals surface area (Å²) in [6, 6.07) is 9.52. The molecule has 3 heteroatoms. The molecule has 0 saturated carbocycles. The highest BCUT2D eigenvalue weighted by Crippen LogP contribution is 2.38. The number of rotatable bonds is 1. The van der Waals surface area contributed by atoms with E-state index in [2.05, 4.69) is 11.1 Å². The first-order valence-corrected chi connectivity index (χ1v) is 6.05. The predicted octanol–water partition coefficient (Wildman–Crippen LogP) is 3.52. The largest absolute Gasteiger partial charge is 0.506 e. The number of hydrogen-bond acceptors (Lipinski definition) is 2. The molecule has 0 spiro atoms. The van der Waals surface area contributed by atoms with Crippen LogP contribution in [0.5, 0.6) is 5.75 Å². The van der Waals surface area contributed by atoms with Gasteiger partial charge in [-0.2, -0.15) is 0 Å². The maximum absolute atomic E-state index is 9.43. The molecule has 1 heterocycles. The van der Waals surface area contributed by atoms with Gasteiger partial charge in [0.05, 0.1) is 10.7 Å². The zero-order valence-corrected chi connectivity index (χ0v) is 9.98. The molecule has 0 radical (unpaired) electrons. The van der Waals surface area contributed by atoms with Gasteiger partial charge in [-0.1, -0.05) is 23.7 Å². The molecular formula is C14H12ClNO. The summed E-state index contributed by atoms with van der Waals surface area (Å²) in [5.41, 5.74) is 3.60. The molecule has 0 bridgehead atoms. The van der Waals surface area contributed by atoms with Crippen molar-refractivity contribution in [3.63, 3.8) is 0 Å². The highest BCUT2D eigenvalue weighted by atomic mass is 35.5. The summed E-state index contributed by atoms with van der Waals surface area (Å²) in [6.45, 7) is 0. The van der Waals surface area contributed by atoms with Gasteiger partial charge < -0.3 is 5.11 Å². The Labute approximate surface area is 105 Å². The third-order valence-electron chi connectivity index (χ3n) is 3.33. The van der Waals surface area contributed by atoms with E-state index in [0.717, 1.165) is 24.1 Å². The fourth-order valence-electron chi connectivity index (χ4n) is 2.48. The molecule has 0 amide bonds. The Kier molecular flexibility index (Phi) is 2.52. The number of phenols is 1. The summed E-state index contributed by atoms with van der Waals surface area (Å²) in [6.07, 6.45) is 3.96. The summed E-state index contributed by atoms with van der Waals surface area (Å²) < 4.78 is 0. The third kappa shape index (κ3) is 1.79. The lowest BCUT2D eigenvalue weighted by atomic mass is 9.96. The zero-order chi connectivity index (χ0) is 11.8. The standard InChI is InChI=1S/C14H12ClNO/c15-12-8-10(4-6-13(12)17)11-5-3-9-2-1-7-16-14(9)11/h1-2,4,6-8,11,17H,3,5H2. The molecule has 17 heavy (non-hydrogen) atoms. The lowest BCUT2D eigenvalue weighted by molar-refractivity contribution is 0.475. The van der Waals surface area contributed by atoms with Crippen LogP contribution in [-0.4, -0.2) is 10.1 Å². The average molecular weight is 246 g/mol. The van der Waals surface area contributed by atoms with E-state index in [1.807, 2.05) is 24.4 Å². The van der Waals surface area contributed by atoms with Crippen LogP contribution < -0.4 is 0 Å². The summed E-state index contributed by atoms with van der Waals surface area (Å²) in [4.78, 5) is 4.46. The molecular weight excluding hydrogens is 234 g/mol. The highest BCUT2D eigenvalue weighted by molar-refractivity contribution is 6.32. The van der Waals surface area contributed by atoms with Crippen molar-refractivity contribution in [1.82, 2.24) is 4.98 Å². The van der Waals surface area contributed by atoms with Crippen molar-refractivity contribution in [1.29, 1.82) is 0 Å². The Morgan fingerprint density at radius 3 is 3.00 bits per heavy atom. The first kappa shape index (κ1) is 10.6. The molecule has 2 aromatic rings. The normalized spacial score (nSPS) is 18.1. The molecule has 0 saturated heterocycles. The molecule has 1 aliphatic rings. The molecule has 1 atom stereocenters.